The molecule has 2 aromatic heterocycles. The molecule has 3 unspecified atom stereocenters. The van der Waals surface area contributed by atoms with Gasteiger partial charge in [0, 0.05) is 7.05 Å². The molecule has 18 nitrogen and oxygen atoms in total. The Kier molecular flexibility index (Phi) is 8.49. The molecule has 0 amide bonds. The Morgan fingerprint density at radius 2 is 1.94 bits per heavy atom. The van der Waals surface area contributed by atoms with Gasteiger partial charge in [-0.2, -0.15) is 15.1 Å². The third-order valence-electron chi connectivity index (χ3n) is 7.99. The minimum Gasteiger partial charge on any atom is -0.461 e. The molecule has 5 atom stereocenters. The van der Waals surface area contributed by atoms with Crippen LogP contribution in [0.5, 0.6) is 5.75 Å². The van der Waals surface area contributed by atoms with Crippen molar-refractivity contribution in [3.05, 3.63) is 36.2 Å². The first-order valence-electron chi connectivity index (χ1n) is 14.8. The summed E-state index contributed by atoms with van der Waals surface area (Å²) in [6.07, 6.45) is 0.168. The van der Waals surface area contributed by atoms with Crippen molar-refractivity contribution < 1.29 is 46.5 Å². The Labute approximate surface area is 270 Å². The normalized spacial score (nSPS) is 26.6. The third-order valence-corrected chi connectivity index (χ3v) is 10.2. The molecule has 3 aliphatic rings. The van der Waals surface area contributed by atoms with Gasteiger partial charge in [-0.05, 0) is 51.7 Å². The largest absolute Gasteiger partial charge is 0.461 e. The summed E-state index contributed by atoms with van der Waals surface area (Å²) in [4.78, 5) is 27.7. The van der Waals surface area contributed by atoms with Gasteiger partial charge in [-0.25, -0.2) is 18.0 Å². The summed E-state index contributed by atoms with van der Waals surface area (Å²) in [5.74, 6) is -0.543. The van der Waals surface area contributed by atoms with Gasteiger partial charge >= 0.3 is 13.7 Å². The van der Waals surface area contributed by atoms with Crippen molar-refractivity contribution in [1.29, 1.82) is 0 Å². The van der Waals surface area contributed by atoms with Crippen LogP contribution in [0.1, 0.15) is 44.4 Å². The first-order valence-corrected chi connectivity index (χ1v) is 18.2. The second-order valence-corrected chi connectivity index (χ2v) is 15.7. The van der Waals surface area contributed by atoms with E-state index in [1.54, 1.807) is 24.3 Å². The molecule has 2 aliphatic carbocycles. The summed E-state index contributed by atoms with van der Waals surface area (Å²) in [7, 11) is -6.61. The molecule has 0 radical (unpaired) electrons. The topological polar surface area (TPSA) is 243 Å². The van der Waals surface area contributed by atoms with Crippen molar-refractivity contribution in [3.8, 4) is 5.75 Å². The number of nitrogens with zero attached hydrogens (tertiary/aromatic N) is 5. The number of hydrogen-bond acceptors (Lipinski definition) is 15. The molecule has 0 bridgehead atoms. The van der Waals surface area contributed by atoms with Gasteiger partial charge in [0.2, 0.25) is 16.0 Å². The van der Waals surface area contributed by atoms with E-state index in [9.17, 15) is 28.0 Å². The molecule has 20 heteroatoms. The minimum absolute atomic E-state index is 0.0178. The van der Waals surface area contributed by atoms with E-state index in [0.717, 1.165) is 29.7 Å². The van der Waals surface area contributed by atoms with E-state index in [0.29, 0.717) is 12.8 Å². The number of aliphatic hydroxyl groups is 2. The van der Waals surface area contributed by atoms with E-state index < -0.39 is 59.9 Å². The molecule has 1 saturated heterocycles. The van der Waals surface area contributed by atoms with E-state index in [4.69, 9.17) is 24.3 Å². The number of nitrogen functional groups attached to an aromatic ring is 1. The van der Waals surface area contributed by atoms with Gasteiger partial charge in [-0.15, -0.1) is 4.83 Å². The highest BCUT2D eigenvalue weighted by atomic mass is 32.2. The number of nitrogens with one attached hydrogen (secondary N) is 2. The number of nitrogens with two attached hydrogens (primary N) is 1. The SMILES string of the molecule is Cc1ccc(OP(=O)(NC2(C(=O)OC3CC3)CC2)OCC2OC(n3cnc4c(N(C)NS(C)(=O)=O)nc(N)nc43)[C@](C)(O)[C@@H]2O)cc1. The Balaban J connectivity index is 1.24. The number of aryl methyl sites for hydroxylation is 1. The number of benzene rings is 1. The van der Waals surface area contributed by atoms with Gasteiger partial charge in [0.1, 0.15) is 35.2 Å². The van der Waals surface area contributed by atoms with Gasteiger partial charge in [-0.3, -0.25) is 18.9 Å². The molecule has 2 saturated carbocycles. The van der Waals surface area contributed by atoms with E-state index >= 15 is 0 Å². The zero-order valence-corrected chi connectivity index (χ0v) is 27.8. The highest BCUT2D eigenvalue weighted by Gasteiger charge is 2.58. The molecule has 47 heavy (non-hydrogen) atoms. The van der Waals surface area contributed by atoms with Crippen LogP contribution in [0.4, 0.5) is 11.8 Å². The zero-order valence-electron chi connectivity index (χ0n) is 26.1. The molecule has 1 aliphatic heterocycles. The molecule has 1 aromatic carbocycles. The predicted molar refractivity (Wildman–Crippen MR) is 166 cm³/mol. The second kappa shape index (κ2) is 11.9. The summed E-state index contributed by atoms with van der Waals surface area (Å²) in [6, 6.07) is 6.72. The lowest BCUT2D eigenvalue weighted by Crippen LogP contribution is -2.45. The lowest BCUT2D eigenvalue weighted by Gasteiger charge is -2.27. The van der Waals surface area contributed by atoms with Crippen LogP contribution in [-0.4, -0.2) is 93.5 Å². The number of fused-ring (bicyclic) bond motifs is 1. The highest BCUT2D eigenvalue weighted by molar-refractivity contribution is 7.88. The second-order valence-electron chi connectivity index (χ2n) is 12.3. The summed E-state index contributed by atoms with van der Waals surface area (Å²) in [5, 5.41) is 26.5. The van der Waals surface area contributed by atoms with Gasteiger partial charge < -0.3 is 29.9 Å². The van der Waals surface area contributed by atoms with Gasteiger partial charge in [0.15, 0.2) is 23.2 Å². The predicted octanol–water partition coefficient (Wildman–Crippen LogP) is 0.658. The van der Waals surface area contributed by atoms with E-state index in [2.05, 4.69) is 24.9 Å². The van der Waals surface area contributed by atoms with E-state index in [1.165, 1.54) is 24.9 Å². The van der Waals surface area contributed by atoms with Crippen LogP contribution in [-0.2, 0) is 33.4 Å². The maximum Gasteiger partial charge on any atom is 0.459 e. The van der Waals surface area contributed by atoms with E-state index in [1.807, 2.05) is 6.92 Å². The fourth-order valence-corrected chi connectivity index (χ4v) is 7.51. The molecular formula is C27H37N8O10PS. The first-order chi connectivity index (χ1) is 22.0. The van der Waals surface area contributed by atoms with Crippen LogP contribution < -0.4 is 25.2 Å². The van der Waals surface area contributed by atoms with E-state index in [-0.39, 0.29) is 34.8 Å². The number of aromatic nitrogens is 4. The number of ether oxygens (including phenoxy) is 2. The van der Waals surface area contributed by atoms with Gasteiger partial charge in [-0.1, -0.05) is 17.7 Å². The van der Waals surface area contributed by atoms with Crippen LogP contribution in [0.3, 0.4) is 0 Å². The summed E-state index contributed by atoms with van der Waals surface area (Å²) >= 11 is 0. The number of sulfonamides is 1. The van der Waals surface area contributed by atoms with Crippen molar-refractivity contribution in [2.24, 2.45) is 0 Å². The first kappa shape index (κ1) is 33.5. The molecule has 6 rings (SSSR count). The zero-order chi connectivity index (χ0) is 33.9. The Morgan fingerprint density at radius 3 is 2.55 bits per heavy atom. The average Bonchev–Trinajstić information content (AvgIpc) is 3.90. The number of rotatable bonds is 13. The number of hydrazine groups is 1. The molecule has 3 heterocycles. The van der Waals surface area contributed by atoms with Crippen LogP contribution in [0.15, 0.2) is 30.6 Å². The lowest BCUT2D eigenvalue weighted by atomic mass is 9.96. The summed E-state index contributed by atoms with van der Waals surface area (Å²) in [6.45, 7) is 2.67. The fourth-order valence-electron chi connectivity index (χ4n) is 5.18. The van der Waals surface area contributed by atoms with Crippen molar-refractivity contribution >= 4 is 46.7 Å². The van der Waals surface area contributed by atoms with Gasteiger partial charge in [0.25, 0.3) is 0 Å². The van der Waals surface area contributed by atoms with Crippen molar-refractivity contribution in [1.82, 2.24) is 29.4 Å². The number of carbonyl (C=O) groups excluding carboxylic acids is 1. The van der Waals surface area contributed by atoms with Crippen LogP contribution in [0.2, 0.25) is 0 Å². The molecule has 3 aromatic rings. The number of imidazole rings is 1. The summed E-state index contributed by atoms with van der Waals surface area (Å²) < 4.78 is 62.3. The minimum atomic E-state index is -4.31. The third kappa shape index (κ3) is 7.07. The smallest absolute Gasteiger partial charge is 0.459 e. The highest BCUT2D eigenvalue weighted by Crippen LogP contribution is 2.53. The number of esters is 1. The van der Waals surface area contributed by atoms with Crippen LogP contribution in [0, 0.1) is 6.92 Å². The maximum absolute atomic E-state index is 14.2. The summed E-state index contributed by atoms with van der Waals surface area (Å²) in [5.41, 5.74) is 3.81. The molecule has 0 spiro atoms. The van der Waals surface area contributed by atoms with Crippen LogP contribution in [0.25, 0.3) is 11.2 Å². The van der Waals surface area contributed by atoms with Crippen molar-refractivity contribution in [2.45, 2.75) is 75.2 Å². The van der Waals surface area contributed by atoms with Crippen molar-refractivity contribution in [3.63, 3.8) is 0 Å². The number of anilines is 2. The Bertz CT molecular complexity index is 1830. The number of carbonyl (C=O) groups is 1. The molecule has 3 fully saturated rings. The Morgan fingerprint density at radius 1 is 1.26 bits per heavy atom. The Hall–Kier alpha value is -3.42. The van der Waals surface area contributed by atoms with Crippen LogP contribution >= 0.6 is 7.75 Å². The monoisotopic (exact) mass is 696 g/mol. The van der Waals surface area contributed by atoms with Gasteiger partial charge in [0.05, 0.1) is 19.2 Å². The number of aliphatic hydroxyl groups excluding tert-OH is 1. The molecule has 256 valence electrons. The standard InChI is InChI=1S/C27H37N8O10PS/c1-15-5-7-17(8-6-15)45-46(39,32-27(11-12-27)24(37)43-16-9-10-16)42-13-18-20(36)26(2,38)23(44-18)35-14-29-19-21(30-25(28)31-22(19)35)34(3)33-47(4,40)41/h5-8,14,16,18,20,23,33,36,38H,9-13H2,1-4H3,(H,32,39)(H2,28,30,31)/t18?,20-,23?,26-,46?/m1/s1. The number of hydrogen-bond donors (Lipinski definition) is 5. The lowest BCUT2D eigenvalue weighted by molar-refractivity contribution is -0.148. The average molecular weight is 697 g/mol. The maximum atomic E-state index is 14.2. The fraction of sp³-hybridized carbons (Fsp3) is 0.556. The quantitative estimate of drug-likeness (QED) is 0.0936. The molecule has 6 N–H and O–H groups in total. The van der Waals surface area contributed by atoms with Crippen molar-refractivity contribution in [2.75, 3.05) is 30.7 Å². The molecular weight excluding hydrogens is 659 g/mol.